The van der Waals surface area contributed by atoms with Crippen molar-refractivity contribution in [3.63, 3.8) is 0 Å². The van der Waals surface area contributed by atoms with Gasteiger partial charge >= 0.3 is 5.97 Å². The van der Waals surface area contributed by atoms with Gasteiger partial charge in [-0.15, -0.1) is 0 Å². The lowest BCUT2D eigenvalue weighted by Crippen LogP contribution is -2.46. The van der Waals surface area contributed by atoms with E-state index in [1.54, 1.807) is 0 Å². The SMILES string of the molecule is C=C1CCC[C@]2(C)C[C@H]3OC(=O)[C@@H](CN4CC=C(c5ccc(Cl)cc5)CC4)[C@H]3C[C@H]12. The Kier molecular flexibility index (Phi) is 5.31. The van der Waals surface area contributed by atoms with Crippen LogP contribution < -0.4 is 0 Å². The maximum Gasteiger partial charge on any atom is 0.310 e. The maximum absolute atomic E-state index is 12.8. The second-order valence-electron chi connectivity index (χ2n) is 10.1. The third-order valence-electron chi connectivity index (χ3n) is 8.28. The van der Waals surface area contributed by atoms with Gasteiger partial charge in [-0.3, -0.25) is 9.69 Å². The highest BCUT2D eigenvalue weighted by Crippen LogP contribution is 2.57. The van der Waals surface area contributed by atoms with E-state index in [-0.39, 0.29) is 23.4 Å². The van der Waals surface area contributed by atoms with Crippen molar-refractivity contribution in [2.24, 2.45) is 23.2 Å². The molecule has 2 heterocycles. The van der Waals surface area contributed by atoms with Gasteiger partial charge < -0.3 is 4.74 Å². The molecule has 1 saturated heterocycles. The minimum atomic E-state index is 0.0137. The van der Waals surface area contributed by atoms with Gasteiger partial charge in [-0.2, -0.15) is 0 Å². The Hall–Kier alpha value is -1.58. The van der Waals surface area contributed by atoms with Crippen molar-refractivity contribution in [1.29, 1.82) is 0 Å². The van der Waals surface area contributed by atoms with E-state index < -0.39 is 0 Å². The number of allylic oxidation sites excluding steroid dienone is 1. The van der Waals surface area contributed by atoms with Crippen LogP contribution in [0.3, 0.4) is 0 Å². The van der Waals surface area contributed by atoms with Gasteiger partial charge in [0.15, 0.2) is 0 Å². The Balaban J connectivity index is 1.26. The number of carbonyl (C=O) groups excluding carboxylic acids is 1. The number of carbonyl (C=O) groups is 1. The normalized spacial score (nSPS) is 36.7. The number of esters is 1. The Bertz CT molecular complexity index is 876. The van der Waals surface area contributed by atoms with Gasteiger partial charge in [-0.1, -0.05) is 48.9 Å². The number of fused-ring (bicyclic) bond motifs is 2. The van der Waals surface area contributed by atoms with Crippen LogP contribution in [0, 0.1) is 23.2 Å². The summed E-state index contributed by atoms with van der Waals surface area (Å²) in [5, 5.41) is 0.773. The van der Waals surface area contributed by atoms with Crippen LogP contribution in [0.25, 0.3) is 5.57 Å². The van der Waals surface area contributed by atoms with E-state index in [1.807, 2.05) is 12.1 Å². The van der Waals surface area contributed by atoms with Crippen molar-refractivity contribution in [2.75, 3.05) is 19.6 Å². The number of benzene rings is 1. The van der Waals surface area contributed by atoms with Crippen LogP contribution in [0.5, 0.6) is 0 Å². The van der Waals surface area contributed by atoms with Crippen molar-refractivity contribution in [3.05, 3.63) is 53.1 Å². The third-order valence-corrected chi connectivity index (χ3v) is 8.53. The largest absolute Gasteiger partial charge is 0.462 e. The van der Waals surface area contributed by atoms with Gasteiger partial charge in [-0.05, 0) is 73.1 Å². The van der Waals surface area contributed by atoms with E-state index in [0.29, 0.717) is 11.8 Å². The summed E-state index contributed by atoms with van der Waals surface area (Å²) in [5.74, 6) is 0.958. The summed E-state index contributed by atoms with van der Waals surface area (Å²) in [6.45, 7) is 9.51. The molecule has 2 aliphatic heterocycles. The Morgan fingerprint density at radius 3 is 2.80 bits per heavy atom. The molecule has 4 aliphatic rings. The van der Waals surface area contributed by atoms with Crippen LogP contribution in [-0.2, 0) is 9.53 Å². The number of ether oxygens (including phenoxy) is 1. The molecule has 2 aliphatic carbocycles. The summed E-state index contributed by atoms with van der Waals surface area (Å²) in [5.41, 5.74) is 4.31. The molecule has 0 N–H and O–H groups in total. The first-order valence-electron chi connectivity index (χ1n) is 11.5. The van der Waals surface area contributed by atoms with Crippen molar-refractivity contribution < 1.29 is 9.53 Å². The Labute approximate surface area is 185 Å². The van der Waals surface area contributed by atoms with Gasteiger partial charge in [0, 0.05) is 30.6 Å². The lowest BCUT2D eigenvalue weighted by Gasteiger charge is -2.50. The molecule has 3 fully saturated rings. The average molecular weight is 426 g/mol. The summed E-state index contributed by atoms with van der Waals surface area (Å²) >= 11 is 6.02. The van der Waals surface area contributed by atoms with Crippen LogP contribution in [-0.4, -0.2) is 36.6 Å². The lowest BCUT2D eigenvalue weighted by molar-refractivity contribution is -0.146. The van der Waals surface area contributed by atoms with Gasteiger partial charge in [0.2, 0.25) is 0 Å². The summed E-state index contributed by atoms with van der Waals surface area (Å²) in [7, 11) is 0. The molecule has 3 nitrogen and oxygen atoms in total. The zero-order valence-corrected chi connectivity index (χ0v) is 18.7. The van der Waals surface area contributed by atoms with E-state index in [9.17, 15) is 4.79 Å². The molecule has 0 amide bonds. The molecule has 1 aromatic rings. The summed E-state index contributed by atoms with van der Waals surface area (Å²) < 4.78 is 5.95. The van der Waals surface area contributed by atoms with Crippen molar-refractivity contribution in [2.45, 2.75) is 51.6 Å². The van der Waals surface area contributed by atoms with E-state index in [4.69, 9.17) is 16.3 Å². The molecule has 2 saturated carbocycles. The molecule has 30 heavy (non-hydrogen) atoms. The lowest BCUT2D eigenvalue weighted by atomic mass is 9.55. The highest BCUT2D eigenvalue weighted by molar-refractivity contribution is 6.30. The minimum absolute atomic E-state index is 0.0137. The number of nitrogens with zero attached hydrogens (tertiary/aromatic N) is 1. The van der Waals surface area contributed by atoms with Crippen LogP contribution in [0.15, 0.2) is 42.5 Å². The van der Waals surface area contributed by atoms with Gasteiger partial charge in [0.05, 0.1) is 5.92 Å². The smallest absolute Gasteiger partial charge is 0.310 e. The molecular formula is C26H32ClNO2. The van der Waals surface area contributed by atoms with Gasteiger partial charge in [0.25, 0.3) is 0 Å². The molecule has 5 rings (SSSR count). The number of halogens is 1. The van der Waals surface area contributed by atoms with Gasteiger partial charge in [-0.25, -0.2) is 0 Å². The fourth-order valence-electron chi connectivity index (χ4n) is 6.55. The molecule has 0 radical (unpaired) electrons. The van der Waals surface area contributed by atoms with E-state index >= 15 is 0 Å². The van der Waals surface area contributed by atoms with E-state index in [1.165, 1.54) is 29.6 Å². The van der Waals surface area contributed by atoms with Crippen molar-refractivity contribution in [1.82, 2.24) is 4.90 Å². The number of rotatable bonds is 3. The molecule has 1 aromatic carbocycles. The minimum Gasteiger partial charge on any atom is -0.462 e. The molecule has 0 unspecified atom stereocenters. The predicted octanol–water partition coefficient (Wildman–Crippen LogP) is 5.74. The first kappa shape index (κ1) is 20.3. The molecular weight excluding hydrogens is 394 g/mol. The first-order valence-corrected chi connectivity index (χ1v) is 11.9. The second kappa shape index (κ2) is 7.84. The molecule has 0 spiro atoms. The quantitative estimate of drug-likeness (QED) is 0.456. The molecule has 160 valence electrons. The second-order valence-corrected chi connectivity index (χ2v) is 10.6. The topological polar surface area (TPSA) is 29.5 Å². The zero-order valence-electron chi connectivity index (χ0n) is 17.9. The van der Waals surface area contributed by atoms with Crippen molar-refractivity contribution >= 4 is 23.1 Å². The fourth-order valence-corrected chi connectivity index (χ4v) is 6.67. The van der Waals surface area contributed by atoms with Crippen LogP contribution in [0.4, 0.5) is 0 Å². The summed E-state index contributed by atoms with van der Waals surface area (Å²) in [6, 6.07) is 8.10. The molecule has 0 aromatic heterocycles. The predicted molar refractivity (Wildman–Crippen MR) is 121 cm³/mol. The first-order chi connectivity index (χ1) is 14.4. The van der Waals surface area contributed by atoms with E-state index in [0.717, 1.165) is 50.3 Å². The van der Waals surface area contributed by atoms with Crippen LogP contribution in [0.2, 0.25) is 5.02 Å². The molecule has 4 heteroatoms. The molecule has 5 atom stereocenters. The summed E-state index contributed by atoms with van der Waals surface area (Å²) in [4.78, 5) is 15.3. The fraction of sp³-hybridized carbons (Fsp3) is 0.577. The monoisotopic (exact) mass is 425 g/mol. The summed E-state index contributed by atoms with van der Waals surface area (Å²) in [6.07, 6.45) is 9.16. The average Bonchev–Trinajstić information content (AvgIpc) is 3.01. The third kappa shape index (κ3) is 3.65. The Morgan fingerprint density at radius 2 is 2.07 bits per heavy atom. The van der Waals surface area contributed by atoms with Gasteiger partial charge in [0.1, 0.15) is 6.10 Å². The highest BCUT2D eigenvalue weighted by atomic mass is 35.5. The zero-order chi connectivity index (χ0) is 20.9. The number of hydrogen-bond acceptors (Lipinski definition) is 3. The van der Waals surface area contributed by atoms with Crippen molar-refractivity contribution in [3.8, 4) is 0 Å². The Morgan fingerprint density at radius 1 is 1.27 bits per heavy atom. The number of hydrogen-bond donors (Lipinski definition) is 0. The maximum atomic E-state index is 12.8. The molecule has 0 bridgehead atoms. The highest BCUT2D eigenvalue weighted by Gasteiger charge is 2.55. The standard InChI is InChI=1S/C26H32ClNO2/c1-17-4-3-11-26(2)15-24-21(14-23(17)26)22(25(29)30-24)16-28-12-9-19(10-13-28)18-5-7-20(27)8-6-18/h5-9,21-24H,1,3-4,10-16H2,2H3/t21-,22+,23-,24-,26-/m1/s1. The van der Waals surface area contributed by atoms with Crippen LogP contribution >= 0.6 is 11.6 Å². The van der Waals surface area contributed by atoms with E-state index in [2.05, 4.69) is 36.6 Å². The van der Waals surface area contributed by atoms with Crippen LogP contribution in [0.1, 0.15) is 51.0 Å².